The largest absolute Gasteiger partial charge is 0.345 e. The number of urea groups is 1. The molecule has 118 valence electrons. The molecule has 0 aliphatic rings. The topological polar surface area (TPSA) is 46.1 Å². The van der Waals surface area contributed by atoms with Gasteiger partial charge >= 0.3 is 6.03 Å². The average Bonchev–Trinajstić information content (AvgIpc) is 2.94. The summed E-state index contributed by atoms with van der Waals surface area (Å²) >= 11 is 0. The Balaban J connectivity index is 1.95. The number of carbonyl (C=O) groups is 1. The monoisotopic (exact) mass is 299 g/mol. The molecule has 0 spiro atoms. The van der Waals surface area contributed by atoms with Crippen molar-refractivity contribution in [1.29, 1.82) is 0 Å². The number of rotatable bonds is 6. The molecule has 4 nitrogen and oxygen atoms in total. The van der Waals surface area contributed by atoms with Gasteiger partial charge in [-0.1, -0.05) is 31.2 Å². The highest BCUT2D eigenvalue weighted by molar-refractivity contribution is 5.74. The van der Waals surface area contributed by atoms with Crippen LogP contribution in [0.25, 0.3) is 0 Å². The summed E-state index contributed by atoms with van der Waals surface area (Å²) in [7, 11) is 0. The minimum Gasteiger partial charge on any atom is -0.345 e. The second-order valence-corrected chi connectivity index (χ2v) is 5.69. The lowest BCUT2D eigenvalue weighted by molar-refractivity contribution is 0.237. The third kappa shape index (κ3) is 4.38. The van der Waals surface area contributed by atoms with E-state index in [0.29, 0.717) is 6.54 Å². The van der Waals surface area contributed by atoms with Crippen LogP contribution in [0.1, 0.15) is 37.1 Å². The first-order chi connectivity index (χ1) is 10.6. The number of amides is 2. The molecular weight excluding hydrogens is 274 g/mol. The molecule has 0 fully saturated rings. The molecule has 2 N–H and O–H groups in total. The number of carbonyl (C=O) groups excluding carboxylic acids is 1. The van der Waals surface area contributed by atoms with Crippen molar-refractivity contribution < 1.29 is 4.79 Å². The van der Waals surface area contributed by atoms with Crippen LogP contribution in [0, 0.1) is 6.92 Å². The predicted molar refractivity (Wildman–Crippen MR) is 89.8 cm³/mol. The van der Waals surface area contributed by atoms with Crippen LogP contribution >= 0.6 is 0 Å². The van der Waals surface area contributed by atoms with Crippen molar-refractivity contribution in [2.24, 2.45) is 0 Å². The summed E-state index contributed by atoms with van der Waals surface area (Å²) in [6.45, 7) is 7.53. The van der Waals surface area contributed by atoms with Gasteiger partial charge in [0, 0.05) is 24.5 Å². The van der Waals surface area contributed by atoms with E-state index in [9.17, 15) is 4.79 Å². The van der Waals surface area contributed by atoms with Crippen LogP contribution in [0.4, 0.5) is 4.79 Å². The SMILES string of the molecule is CCC(C)NC(=O)NCc1cccn1Cc1ccccc1C. The van der Waals surface area contributed by atoms with Gasteiger partial charge in [-0.05, 0) is 43.5 Å². The van der Waals surface area contributed by atoms with Crippen LogP contribution in [0.5, 0.6) is 0 Å². The maximum atomic E-state index is 11.8. The lowest BCUT2D eigenvalue weighted by Gasteiger charge is -2.14. The fourth-order valence-electron chi connectivity index (χ4n) is 2.28. The third-order valence-corrected chi connectivity index (χ3v) is 3.95. The van der Waals surface area contributed by atoms with E-state index in [1.807, 2.05) is 19.1 Å². The molecule has 1 unspecified atom stereocenters. The molecule has 1 aromatic heterocycles. The summed E-state index contributed by atoms with van der Waals surface area (Å²) in [5, 5.41) is 5.83. The number of aromatic nitrogens is 1. The molecule has 0 aliphatic carbocycles. The van der Waals surface area contributed by atoms with Crippen molar-refractivity contribution in [3.05, 3.63) is 59.4 Å². The first-order valence-corrected chi connectivity index (χ1v) is 7.83. The van der Waals surface area contributed by atoms with Gasteiger partial charge in [0.15, 0.2) is 0 Å². The molecule has 0 bridgehead atoms. The van der Waals surface area contributed by atoms with Crippen molar-refractivity contribution in [3.8, 4) is 0 Å². The number of benzene rings is 1. The lowest BCUT2D eigenvalue weighted by atomic mass is 10.1. The van der Waals surface area contributed by atoms with E-state index in [-0.39, 0.29) is 12.1 Å². The molecule has 0 saturated carbocycles. The van der Waals surface area contributed by atoms with Gasteiger partial charge in [0.05, 0.1) is 6.54 Å². The quantitative estimate of drug-likeness (QED) is 0.843. The number of hydrogen-bond donors (Lipinski definition) is 2. The van der Waals surface area contributed by atoms with E-state index < -0.39 is 0 Å². The zero-order chi connectivity index (χ0) is 15.9. The van der Waals surface area contributed by atoms with Gasteiger partial charge in [-0.2, -0.15) is 0 Å². The molecule has 0 aliphatic heterocycles. The van der Waals surface area contributed by atoms with Crippen molar-refractivity contribution in [2.75, 3.05) is 0 Å². The molecule has 1 atom stereocenters. The van der Waals surface area contributed by atoms with Gasteiger partial charge in [0.25, 0.3) is 0 Å². The van der Waals surface area contributed by atoms with Crippen molar-refractivity contribution in [1.82, 2.24) is 15.2 Å². The van der Waals surface area contributed by atoms with Crippen LogP contribution in [0.2, 0.25) is 0 Å². The Hall–Kier alpha value is -2.23. The van der Waals surface area contributed by atoms with Gasteiger partial charge in [0.1, 0.15) is 0 Å². The number of nitrogens with one attached hydrogen (secondary N) is 2. The molecule has 2 aromatic rings. The molecular formula is C18H25N3O. The van der Waals surface area contributed by atoms with Gasteiger partial charge in [-0.25, -0.2) is 4.79 Å². The Morgan fingerprint density at radius 2 is 2.00 bits per heavy atom. The van der Waals surface area contributed by atoms with Crippen LogP contribution in [-0.2, 0) is 13.1 Å². The summed E-state index contributed by atoms with van der Waals surface area (Å²) in [5.74, 6) is 0. The molecule has 1 heterocycles. The lowest BCUT2D eigenvalue weighted by Crippen LogP contribution is -2.40. The number of hydrogen-bond acceptors (Lipinski definition) is 1. The summed E-state index contributed by atoms with van der Waals surface area (Å²) < 4.78 is 2.17. The Labute approximate surface area is 132 Å². The summed E-state index contributed by atoms with van der Waals surface area (Å²) in [5.41, 5.74) is 3.68. The fraction of sp³-hybridized carbons (Fsp3) is 0.389. The minimum atomic E-state index is -0.113. The van der Waals surface area contributed by atoms with Crippen molar-refractivity contribution in [3.63, 3.8) is 0 Å². The highest BCUT2D eigenvalue weighted by Gasteiger charge is 2.07. The average molecular weight is 299 g/mol. The minimum absolute atomic E-state index is 0.113. The van der Waals surface area contributed by atoms with Crippen molar-refractivity contribution >= 4 is 6.03 Å². The second kappa shape index (κ2) is 7.69. The molecule has 22 heavy (non-hydrogen) atoms. The van der Waals surface area contributed by atoms with Crippen LogP contribution in [0.3, 0.4) is 0 Å². The Kier molecular flexibility index (Phi) is 5.64. The van der Waals surface area contributed by atoms with Crippen LogP contribution < -0.4 is 10.6 Å². The van der Waals surface area contributed by atoms with E-state index >= 15 is 0 Å². The number of aryl methyl sites for hydroxylation is 1. The van der Waals surface area contributed by atoms with E-state index in [2.05, 4.69) is 59.5 Å². The van der Waals surface area contributed by atoms with Crippen molar-refractivity contribution in [2.45, 2.75) is 46.3 Å². The maximum Gasteiger partial charge on any atom is 0.315 e. The molecule has 1 aromatic carbocycles. The molecule has 2 amide bonds. The first kappa shape index (κ1) is 16.1. The summed E-state index contributed by atoms with van der Waals surface area (Å²) in [6.07, 6.45) is 2.98. The summed E-state index contributed by atoms with van der Waals surface area (Å²) in [6, 6.07) is 12.5. The van der Waals surface area contributed by atoms with Gasteiger partial charge < -0.3 is 15.2 Å². The highest BCUT2D eigenvalue weighted by Crippen LogP contribution is 2.11. The number of nitrogens with zero attached hydrogens (tertiary/aromatic N) is 1. The van der Waals surface area contributed by atoms with Gasteiger partial charge in [-0.15, -0.1) is 0 Å². The van der Waals surface area contributed by atoms with E-state index in [1.165, 1.54) is 11.1 Å². The smallest absolute Gasteiger partial charge is 0.315 e. The van der Waals surface area contributed by atoms with Crippen LogP contribution in [-0.4, -0.2) is 16.6 Å². The second-order valence-electron chi connectivity index (χ2n) is 5.69. The van der Waals surface area contributed by atoms with Gasteiger partial charge in [0.2, 0.25) is 0 Å². The normalized spacial score (nSPS) is 12.0. The Bertz CT molecular complexity index is 618. The summed E-state index contributed by atoms with van der Waals surface area (Å²) in [4.78, 5) is 11.8. The van der Waals surface area contributed by atoms with E-state index in [1.54, 1.807) is 0 Å². The zero-order valence-electron chi connectivity index (χ0n) is 13.6. The van der Waals surface area contributed by atoms with E-state index in [0.717, 1.165) is 18.7 Å². The Morgan fingerprint density at radius 1 is 1.23 bits per heavy atom. The molecule has 0 radical (unpaired) electrons. The van der Waals surface area contributed by atoms with Gasteiger partial charge in [-0.3, -0.25) is 0 Å². The molecule has 0 saturated heterocycles. The first-order valence-electron chi connectivity index (χ1n) is 7.83. The zero-order valence-corrected chi connectivity index (χ0v) is 13.6. The predicted octanol–water partition coefficient (Wildman–Crippen LogP) is 3.44. The molecule has 2 rings (SSSR count). The molecule has 4 heteroatoms. The third-order valence-electron chi connectivity index (χ3n) is 3.95. The standard InChI is InChI=1S/C18H25N3O/c1-4-15(3)20-18(22)19-12-17-10-7-11-21(17)13-16-9-6-5-8-14(16)2/h5-11,15H,4,12-13H2,1-3H3,(H2,19,20,22). The maximum absolute atomic E-state index is 11.8. The van der Waals surface area contributed by atoms with E-state index in [4.69, 9.17) is 0 Å². The van der Waals surface area contributed by atoms with Crippen LogP contribution in [0.15, 0.2) is 42.6 Å². The highest BCUT2D eigenvalue weighted by atomic mass is 16.2. The fourth-order valence-corrected chi connectivity index (χ4v) is 2.28. The Morgan fingerprint density at radius 3 is 2.73 bits per heavy atom.